The molecule has 4 atom stereocenters. The Morgan fingerprint density at radius 3 is 2.90 bits per heavy atom. The molecule has 1 heterocycles. The second kappa shape index (κ2) is 5.72. The van der Waals surface area contributed by atoms with E-state index in [0.29, 0.717) is 17.9 Å². The van der Waals surface area contributed by atoms with Crippen LogP contribution >= 0.6 is 0 Å². The molecule has 4 unspecified atom stereocenters. The lowest BCUT2D eigenvalue weighted by Crippen LogP contribution is -2.50. The molecular weight excluding hydrogens is 274 g/mol. The molecule has 5 heteroatoms. The van der Waals surface area contributed by atoms with Gasteiger partial charge < -0.3 is 10.6 Å². The Kier molecular flexibility index (Phi) is 3.93. The first-order valence-electron chi connectivity index (χ1n) is 7.52. The summed E-state index contributed by atoms with van der Waals surface area (Å²) in [4.78, 5) is 12.2. The van der Waals surface area contributed by atoms with Gasteiger partial charge in [-0.05, 0) is 42.9 Å². The number of hydrogen-bond acceptors (Lipinski definition) is 2. The van der Waals surface area contributed by atoms with Crippen molar-refractivity contribution in [3.63, 3.8) is 0 Å². The first-order valence-corrected chi connectivity index (χ1v) is 7.52. The molecule has 114 valence electrons. The monoisotopic (exact) mass is 294 g/mol. The summed E-state index contributed by atoms with van der Waals surface area (Å²) in [5.74, 6) is -0.987. The van der Waals surface area contributed by atoms with Gasteiger partial charge in [0.05, 0.1) is 0 Å². The van der Waals surface area contributed by atoms with Crippen molar-refractivity contribution in [3.8, 4) is 0 Å². The van der Waals surface area contributed by atoms with Crippen LogP contribution in [0.1, 0.15) is 31.2 Å². The van der Waals surface area contributed by atoms with Crippen LogP contribution in [0.15, 0.2) is 18.2 Å². The van der Waals surface area contributed by atoms with E-state index in [1.807, 2.05) is 0 Å². The second-order valence-electron chi connectivity index (χ2n) is 6.20. The minimum atomic E-state index is -0.583. The summed E-state index contributed by atoms with van der Waals surface area (Å²) in [6, 6.07) is 3.73. The molecule has 2 fully saturated rings. The lowest BCUT2D eigenvalue weighted by Gasteiger charge is -2.30. The van der Waals surface area contributed by atoms with Crippen LogP contribution in [0, 0.1) is 23.5 Å². The first-order chi connectivity index (χ1) is 10.1. The summed E-state index contributed by atoms with van der Waals surface area (Å²) >= 11 is 0. The van der Waals surface area contributed by atoms with Crippen molar-refractivity contribution in [2.24, 2.45) is 11.8 Å². The lowest BCUT2D eigenvalue weighted by atomic mass is 9.94. The number of nitrogens with one attached hydrogen (secondary N) is 2. The quantitative estimate of drug-likeness (QED) is 0.897. The molecule has 1 saturated carbocycles. The van der Waals surface area contributed by atoms with Crippen LogP contribution in [0.4, 0.5) is 8.78 Å². The Balaban J connectivity index is 1.60. The maximum absolute atomic E-state index is 13.7. The van der Waals surface area contributed by atoms with Gasteiger partial charge in [-0.15, -0.1) is 0 Å². The number of hydrogen-bond donors (Lipinski definition) is 2. The standard InChI is InChI=1S/C16H20F2N2O/c1-9-4-5-19-8-15(9)20-16(21)13-7-12(13)11-3-2-10(17)6-14(11)18/h2-3,6,9,12-13,15,19H,4-5,7-8H2,1H3,(H,20,21). The molecule has 21 heavy (non-hydrogen) atoms. The summed E-state index contributed by atoms with van der Waals surface area (Å²) in [7, 11) is 0. The second-order valence-corrected chi connectivity index (χ2v) is 6.20. The third-order valence-electron chi connectivity index (χ3n) is 4.64. The van der Waals surface area contributed by atoms with Crippen LogP contribution in [0.5, 0.6) is 0 Å². The minimum absolute atomic E-state index is 0.00993. The molecular formula is C16H20F2N2O. The molecule has 1 aromatic carbocycles. The molecule has 2 N–H and O–H groups in total. The van der Waals surface area contributed by atoms with Gasteiger partial charge in [0, 0.05) is 24.6 Å². The van der Waals surface area contributed by atoms with Gasteiger partial charge in [0.15, 0.2) is 0 Å². The zero-order valence-corrected chi connectivity index (χ0v) is 12.0. The van der Waals surface area contributed by atoms with Crippen molar-refractivity contribution >= 4 is 5.91 Å². The van der Waals surface area contributed by atoms with Gasteiger partial charge in [-0.25, -0.2) is 8.78 Å². The smallest absolute Gasteiger partial charge is 0.224 e. The number of rotatable bonds is 3. The first kappa shape index (κ1) is 14.4. The molecule has 0 aromatic heterocycles. The predicted molar refractivity (Wildman–Crippen MR) is 75.8 cm³/mol. The Labute approximate surface area is 123 Å². The van der Waals surface area contributed by atoms with Crippen molar-refractivity contribution in [3.05, 3.63) is 35.4 Å². The van der Waals surface area contributed by atoms with E-state index in [1.165, 1.54) is 12.1 Å². The number of amides is 1. The molecule has 2 aliphatic rings. The number of piperidine rings is 1. The summed E-state index contributed by atoms with van der Waals surface area (Å²) in [6.45, 7) is 3.91. The molecule has 0 spiro atoms. The zero-order valence-electron chi connectivity index (χ0n) is 12.0. The van der Waals surface area contributed by atoms with Crippen LogP contribution in [0.3, 0.4) is 0 Å². The Morgan fingerprint density at radius 2 is 2.19 bits per heavy atom. The average molecular weight is 294 g/mol. The predicted octanol–water partition coefficient (Wildman–Crippen LogP) is 2.18. The highest BCUT2D eigenvalue weighted by Gasteiger charge is 2.45. The summed E-state index contributed by atoms with van der Waals surface area (Å²) in [5, 5.41) is 6.33. The van der Waals surface area contributed by atoms with Gasteiger partial charge >= 0.3 is 0 Å². The highest BCUT2D eigenvalue weighted by molar-refractivity contribution is 5.83. The molecule has 1 aliphatic heterocycles. The fourth-order valence-electron chi connectivity index (χ4n) is 3.10. The molecule has 1 aliphatic carbocycles. The van der Waals surface area contributed by atoms with Crippen LogP contribution < -0.4 is 10.6 Å². The fourth-order valence-corrected chi connectivity index (χ4v) is 3.10. The summed E-state index contributed by atoms with van der Waals surface area (Å²) in [5.41, 5.74) is 0.450. The average Bonchev–Trinajstić information content (AvgIpc) is 3.21. The van der Waals surface area contributed by atoms with Gasteiger partial charge in [-0.3, -0.25) is 4.79 Å². The largest absolute Gasteiger partial charge is 0.352 e. The Bertz CT molecular complexity index is 549. The number of carbonyl (C=O) groups excluding carboxylic acids is 1. The van der Waals surface area contributed by atoms with E-state index < -0.39 is 11.6 Å². The lowest BCUT2D eigenvalue weighted by molar-refractivity contribution is -0.123. The number of benzene rings is 1. The van der Waals surface area contributed by atoms with E-state index in [1.54, 1.807) is 0 Å². The van der Waals surface area contributed by atoms with Gasteiger partial charge in [-0.1, -0.05) is 13.0 Å². The molecule has 1 amide bonds. The van der Waals surface area contributed by atoms with Crippen molar-refractivity contribution in [2.45, 2.75) is 31.7 Å². The van der Waals surface area contributed by atoms with Crippen LogP contribution in [-0.2, 0) is 4.79 Å². The highest BCUT2D eigenvalue weighted by Crippen LogP contribution is 2.48. The van der Waals surface area contributed by atoms with Gasteiger partial charge in [0.2, 0.25) is 5.91 Å². The molecule has 0 radical (unpaired) electrons. The number of halogens is 2. The van der Waals surface area contributed by atoms with Crippen molar-refractivity contribution in [2.75, 3.05) is 13.1 Å². The zero-order chi connectivity index (χ0) is 15.0. The highest BCUT2D eigenvalue weighted by atomic mass is 19.1. The SMILES string of the molecule is CC1CCNCC1NC(=O)C1CC1c1ccc(F)cc1F. The van der Waals surface area contributed by atoms with Crippen LogP contribution in [0.25, 0.3) is 0 Å². The third kappa shape index (κ3) is 3.07. The number of carbonyl (C=O) groups is 1. The van der Waals surface area contributed by atoms with E-state index in [4.69, 9.17) is 0 Å². The van der Waals surface area contributed by atoms with Gasteiger partial charge in [0.25, 0.3) is 0 Å². The van der Waals surface area contributed by atoms with Crippen molar-refractivity contribution in [1.29, 1.82) is 0 Å². The van der Waals surface area contributed by atoms with Crippen molar-refractivity contribution in [1.82, 2.24) is 10.6 Å². The summed E-state index contributed by atoms with van der Waals surface area (Å²) < 4.78 is 26.6. The maximum Gasteiger partial charge on any atom is 0.224 e. The third-order valence-corrected chi connectivity index (χ3v) is 4.64. The fraction of sp³-hybridized carbons (Fsp3) is 0.562. The molecule has 0 bridgehead atoms. The normalized spacial score (nSPS) is 31.8. The van der Waals surface area contributed by atoms with Gasteiger partial charge in [0.1, 0.15) is 11.6 Å². The Morgan fingerprint density at radius 1 is 1.38 bits per heavy atom. The molecule has 3 nitrogen and oxygen atoms in total. The molecule has 1 saturated heterocycles. The van der Waals surface area contributed by atoms with Gasteiger partial charge in [-0.2, -0.15) is 0 Å². The van der Waals surface area contributed by atoms with Crippen LogP contribution in [-0.4, -0.2) is 25.0 Å². The van der Waals surface area contributed by atoms with E-state index in [2.05, 4.69) is 17.6 Å². The van der Waals surface area contributed by atoms with E-state index in [-0.39, 0.29) is 23.8 Å². The minimum Gasteiger partial charge on any atom is -0.352 e. The maximum atomic E-state index is 13.7. The van der Waals surface area contributed by atoms with Crippen molar-refractivity contribution < 1.29 is 13.6 Å². The van der Waals surface area contributed by atoms with Crippen LogP contribution in [0.2, 0.25) is 0 Å². The topological polar surface area (TPSA) is 41.1 Å². The molecule has 3 rings (SSSR count). The van der Waals surface area contributed by atoms with E-state index in [0.717, 1.165) is 25.6 Å². The molecule has 1 aromatic rings. The van der Waals surface area contributed by atoms with E-state index >= 15 is 0 Å². The summed E-state index contributed by atoms with van der Waals surface area (Å²) in [6.07, 6.45) is 1.69. The Hall–Kier alpha value is -1.49. The van der Waals surface area contributed by atoms with E-state index in [9.17, 15) is 13.6 Å².